The Morgan fingerprint density at radius 2 is 2.30 bits per heavy atom. The van der Waals surface area contributed by atoms with Crippen LogP contribution in [0.5, 0.6) is 0 Å². The molecule has 1 unspecified atom stereocenters. The fourth-order valence-electron chi connectivity index (χ4n) is 2.95. The van der Waals surface area contributed by atoms with Crippen LogP contribution in [-0.4, -0.2) is 23.0 Å². The van der Waals surface area contributed by atoms with E-state index in [2.05, 4.69) is 48.4 Å². The summed E-state index contributed by atoms with van der Waals surface area (Å²) in [4.78, 5) is 7.36. The van der Waals surface area contributed by atoms with Crippen molar-refractivity contribution in [3.8, 4) is 10.6 Å². The van der Waals surface area contributed by atoms with Crippen molar-refractivity contribution in [1.29, 1.82) is 0 Å². The third-order valence-corrected chi connectivity index (χ3v) is 4.88. The number of thiazole rings is 1. The Bertz CT molecular complexity index is 576. The fourth-order valence-corrected chi connectivity index (χ4v) is 3.76. The van der Waals surface area contributed by atoms with Gasteiger partial charge in [-0.15, -0.1) is 11.3 Å². The zero-order chi connectivity index (χ0) is 13.9. The molecule has 0 N–H and O–H groups in total. The van der Waals surface area contributed by atoms with Crippen LogP contribution in [0.25, 0.3) is 10.6 Å². The van der Waals surface area contributed by atoms with E-state index in [4.69, 9.17) is 4.98 Å². The van der Waals surface area contributed by atoms with Crippen molar-refractivity contribution < 1.29 is 0 Å². The molecular weight excluding hydrogens is 264 g/mol. The van der Waals surface area contributed by atoms with Crippen LogP contribution >= 0.6 is 11.3 Å². The summed E-state index contributed by atoms with van der Waals surface area (Å²) in [6.07, 6.45) is 2.71. The fraction of sp³-hybridized carbons (Fsp3) is 0.471. The van der Waals surface area contributed by atoms with Gasteiger partial charge in [0.05, 0.1) is 5.69 Å². The van der Waals surface area contributed by atoms with Crippen LogP contribution in [0.1, 0.15) is 31.0 Å². The number of hydrogen-bond acceptors (Lipinski definition) is 3. The second-order valence-corrected chi connectivity index (χ2v) is 6.85. The maximum atomic E-state index is 4.82. The van der Waals surface area contributed by atoms with Gasteiger partial charge in [-0.25, -0.2) is 4.98 Å². The van der Waals surface area contributed by atoms with Crippen LogP contribution in [0, 0.1) is 12.8 Å². The average Bonchev–Trinajstić information content (AvgIpc) is 2.87. The summed E-state index contributed by atoms with van der Waals surface area (Å²) in [5, 5.41) is 3.37. The first-order chi connectivity index (χ1) is 9.70. The highest BCUT2D eigenvalue weighted by atomic mass is 32.1. The van der Waals surface area contributed by atoms with Crippen molar-refractivity contribution in [3.05, 3.63) is 40.9 Å². The summed E-state index contributed by atoms with van der Waals surface area (Å²) < 4.78 is 0. The highest BCUT2D eigenvalue weighted by Crippen LogP contribution is 2.26. The lowest BCUT2D eigenvalue weighted by Crippen LogP contribution is -2.33. The lowest BCUT2D eigenvalue weighted by molar-refractivity contribution is 0.175. The number of rotatable bonds is 3. The van der Waals surface area contributed by atoms with Crippen molar-refractivity contribution in [2.45, 2.75) is 33.2 Å². The number of piperidine rings is 1. The molecular formula is C17H22N2S. The molecule has 3 heteroatoms. The van der Waals surface area contributed by atoms with Gasteiger partial charge < -0.3 is 0 Å². The number of benzene rings is 1. The number of aryl methyl sites for hydroxylation is 1. The van der Waals surface area contributed by atoms with Crippen molar-refractivity contribution >= 4 is 11.3 Å². The summed E-state index contributed by atoms with van der Waals surface area (Å²) in [6, 6.07) is 8.61. The molecule has 0 radical (unpaired) electrons. The predicted octanol–water partition coefficient (Wildman–Crippen LogP) is 4.35. The van der Waals surface area contributed by atoms with Crippen LogP contribution in [0.4, 0.5) is 0 Å². The van der Waals surface area contributed by atoms with Gasteiger partial charge in [0.1, 0.15) is 5.01 Å². The first-order valence-electron chi connectivity index (χ1n) is 7.44. The van der Waals surface area contributed by atoms with Gasteiger partial charge in [-0.1, -0.05) is 30.7 Å². The monoisotopic (exact) mass is 286 g/mol. The largest absolute Gasteiger partial charge is 0.297 e. The van der Waals surface area contributed by atoms with Gasteiger partial charge >= 0.3 is 0 Å². The summed E-state index contributed by atoms with van der Waals surface area (Å²) in [7, 11) is 0. The maximum Gasteiger partial charge on any atom is 0.123 e. The molecule has 106 valence electrons. The average molecular weight is 286 g/mol. The molecule has 0 bridgehead atoms. The van der Waals surface area contributed by atoms with E-state index >= 15 is 0 Å². The molecule has 1 atom stereocenters. The van der Waals surface area contributed by atoms with Crippen molar-refractivity contribution in [3.63, 3.8) is 0 Å². The molecule has 3 rings (SSSR count). The molecule has 20 heavy (non-hydrogen) atoms. The first kappa shape index (κ1) is 13.8. The molecule has 1 aliphatic heterocycles. The van der Waals surface area contributed by atoms with Crippen molar-refractivity contribution in [2.75, 3.05) is 13.1 Å². The molecule has 1 aromatic carbocycles. The lowest BCUT2D eigenvalue weighted by Gasteiger charge is -2.30. The Morgan fingerprint density at radius 1 is 1.40 bits per heavy atom. The van der Waals surface area contributed by atoms with E-state index in [0.29, 0.717) is 0 Å². The Hall–Kier alpha value is -1.19. The van der Waals surface area contributed by atoms with Gasteiger partial charge in [-0.3, -0.25) is 4.90 Å². The van der Waals surface area contributed by atoms with E-state index in [9.17, 15) is 0 Å². The predicted molar refractivity (Wildman–Crippen MR) is 86.0 cm³/mol. The topological polar surface area (TPSA) is 16.1 Å². The van der Waals surface area contributed by atoms with Gasteiger partial charge in [0.25, 0.3) is 0 Å². The third-order valence-electron chi connectivity index (χ3n) is 3.94. The molecule has 0 aliphatic carbocycles. The Morgan fingerprint density at radius 3 is 3.10 bits per heavy atom. The van der Waals surface area contributed by atoms with Gasteiger partial charge in [0, 0.05) is 24.0 Å². The van der Waals surface area contributed by atoms with Crippen LogP contribution in [0.15, 0.2) is 29.6 Å². The van der Waals surface area contributed by atoms with Gasteiger partial charge in [-0.2, -0.15) is 0 Å². The molecule has 0 saturated carbocycles. The van der Waals surface area contributed by atoms with E-state index in [1.54, 1.807) is 11.3 Å². The van der Waals surface area contributed by atoms with E-state index < -0.39 is 0 Å². The zero-order valence-electron chi connectivity index (χ0n) is 12.3. The van der Waals surface area contributed by atoms with Crippen LogP contribution in [-0.2, 0) is 6.54 Å². The molecule has 2 nitrogen and oxygen atoms in total. The lowest BCUT2D eigenvalue weighted by atomic mass is 10.0. The highest BCUT2D eigenvalue weighted by Gasteiger charge is 2.17. The molecule has 1 aromatic heterocycles. The Balaban J connectivity index is 1.70. The zero-order valence-corrected chi connectivity index (χ0v) is 13.1. The van der Waals surface area contributed by atoms with Gasteiger partial charge in [0.15, 0.2) is 0 Å². The quantitative estimate of drug-likeness (QED) is 0.834. The minimum absolute atomic E-state index is 0.832. The minimum atomic E-state index is 0.832. The highest BCUT2D eigenvalue weighted by molar-refractivity contribution is 7.13. The molecule has 0 amide bonds. The summed E-state index contributed by atoms with van der Waals surface area (Å²) in [5.41, 5.74) is 3.76. The van der Waals surface area contributed by atoms with Crippen LogP contribution < -0.4 is 0 Å². The van der Waals surface area contributed by atoms with Crippen LogP contribution in [0.2, 0.25) is 0 Å². The minimum Gasteiger partial charge on any atom is -0.297 e. The van der Waals surface area contributed by atoms with E-state index in [1.807, 2.05) is 0 Å². The van der Waals surface area contributed by atoms with Crippen molar-refractivity contribution in [1.82, 2.24) is 9.88 Å². The van der Waals surface area contributed by atoms with E-state index in [0.717, 1.165) is 17.5 Å². The molecule has 2 aromatic rings. The second-order valence-electron chi connectivity index (χ2n) is 6.00. The second kappa shape index (κ2) is 6.06. The van der Waals surface area contributed by atoms with E-state index in [1.165, 1.54) is 42.8 Å². The first-order valence-corrected chi connectivity index (χ1v) is 8.32. The molecule has 0 spiro atoms. The SMILES string of the molecule is Cc1cccc(-c2nc(CN3CCCC(C)C3)cs2)c1. The van der Waals surface area contributed by atoms with Crippen LogP contribution in [0.3, 0.4) is 0 Å². The van der Waals surface area contributed by atoms with Gasteiger partial charge in [-0.05, 0) is 38.3 Å². The number of nitrogens with zero attached hydrogens (tertiary/aromatic N) is 2. The maximum absolute atomic E-state index is 4.82. The molecule has 1 saturated heterocycles. The normalized spacial score (nSPS) is 20.2. The van der Waals surface area contributed by atoms with Gasteiger partial charge in [0.2, 0.25) is 0 Å². The summed E-state index contributed by atoms with van der Waals surface area (Å²) in [6.45, 7) is 7.93. The Labute approximate surface area is 125 Å². The number of hydrogen-bond donors (Lipinski definition) is 0. The molecule has 2 heterocycles. The summed E-state index contributed by atoms with van der Waals surface area (Å²) >= 11 is 1.76. The number of aromatic nitrogens is 1. The number of likely N-dealkylation sites (tertiary alicyclic amines) is 1. The standard InChI is InChI=1S/C17H22N2S/c1-13-5-3-7-15(9-13)17-18-16(12-20-17)11-19-8-4-6-14(2)10-19/h3,5,7,9,12,14H,4,6,8,10-11H2,1-2H3. The molecule has 1 fully saturated rings. The van der Waals surface area contributed by atoms with Crippen molar-refractivity contribution in [2.24, 2.45) is 5.92 Å². The molecule has 1 aliphatic rings. The third kappa shape index (κ3) is 3.28. The Kier molecular flexibility index (Phi) is 4.18. The smallest absolute Gasteiger partial charge is 0.123 e. The van der Waals surface area contributed by atoms with E-state index in [-0.39, 0.29) is 0 Å². The summed E-state index contributed by atoms with van der Waals surface area (Å²) in [5.74, 6) is 0.832.